The van der Waals surface area contributed by atoms with Crippen molar-refractivity contribution < 1.29 is 4.74 Å². The molecule has 1 aromatic rings. The molecule has 2 saturated heterocycles. The van der Waals surface area contributed by atoms with Crippen LogP contribution in [0.25, 0.3) is 0 Å². The number of hydrogen-bond donors (Lipinski definition) is 1. The average molecular weight is 280 g/mol. The zero-order valence-corrected chi connectivity index (χ0v) is 12.5. The van der Waals surface area contributed by atoms with E-state index in [9.17, 15) is 0 Å². The third-order valence-corrected chi connectivity index (χ3v) is 4.77. The first-order chi connectivity index (χ1) is 8.99. The van der Waals surface area contributed by atoms with E-state index in [1.54, 1.807) is 0 Å². The molecule has 0 bridgehead atoms. The minimum absolute atomic E-state index is 0.0529. The normalized spacial score (nSPS) is 28.1. The molecule has 104 valence electrons. The Morgan fingerprint density at radius 1 is 1.37 bits per heavy atom. The third-order valence-electron chi connectivity index (χ3n) is 4.54. The Kier molecular flexibility index (Phi) is 3.36. The predicted octanol–water partition coefficient (Wildman–Crippen LogP) is 3.53. The van der Waals surface area contributed by atoms with Gasteiger partial charge in [0.05, 0.1) is 11.7 Å². The summed E-state index contributed by atoms with van der Waals surface area (Å²) in [6.07, 6.45) is 3.83. The number of halogens is 1. The zero-order valence-electron chi connectivity index (χ0n) is 11.7. The summed E-state index contributed by atoms with van der Waals surface area (Å²) in [4.78, 5) is 0. The predicted molar refractivity (Wildman–Crippen MR) is 78.8 cm³/mol. The highest BCUT2D eigenvalue weighted by Gasteiger charge is 2.43. The van der Waals surface area contributed by atoms with Gasteiger partial charge in [0.25, 0.3) is 0 Å². The first-order valence-corrected chi connectivity index (χ1v) is 7.52. The van der Waals surface area contributed by atoms with E-state index < -0.39 is 0 Å². The van der Waals surface area contributed by atoms with Gasteiger partial charge in [-0.25, -0.2) is 0 Å². The van der Waals surface area contributed by atoms with Crippen molar-refractivity contribution >= 4 is 11.6 Å². The number of nitrogens with one attached hydrogen (secondary N) is 1. The molecule has 2 aliphatic heterocycles. The molecular formula is C16H22ClNO. The van der Waals surface area contributed by atoms with E-state index in [4.69, 9.17) is 16.3 Å². The van der Waals surface area contributed by atoms with E-state index in [-0.39, 0.29) is 11.0 Å². The van der Waals surface area contributed by atoms with E-state index in [0.717, 1.165) is 31.0 Å². The average Bonchev–Trinajstić information content (AvgIpc) is 2.63. The Balaban J connectivity index is 1.77. The van der Waals surface area contributed by atoms with Crippen LogP contribution in [0, 0.1) is 0 Å². The molecule has 1 unspecified atom stereocenters. The van der Waals surface area contributed by atoms with Gasteiger partial charge in [-0.1, -0.05) is 23.7 Å². The van der Waals surface area contributed by atoms with Gasteiger partial charge < -0.3 is 10.1 Å². The summed E-state index contributed by atoms with van der Waals surface area (Å²) in [5.41, 5.74) is 1.62. The second-order valence-corrected chi connectivity index (χ2v) is 7.07. The molecular weight excluding hydrogens is 258 g/mol. The maximum atomic E-state index is 6.17. The van der Waals surface area contributed by atoms with Crippen LogP contribution < -0.4 is 5.32 Å². The van der Waals surface area contributed by atoms with Crippen molar-refractivity contribution in [3.05, 3.63) is 34.9 Å². The lowest BCUT2D eigenvalue weighted by atomic mass is 9.71. The third kappa shape index (κ3) is 2.67. The van der Waals surface area contributed by atoms with Crippen molar-refractivity contribution in [2.75, 3.05) is 13.1 Å². The van der Waals surface area contributed by atoms with Crippen LogP contribution in [-0.4, -0.2) is 24.8 Å². The minimum Gasteiger partial charge on any atom is -0.372 e. The molecule has 3 heteroatoms. The number of hydrogen-bond acceptors (Lipinski definition) is 2. The Morgan fingerprint density at radius 3 is 2.68 bits per heavy atom. The Morgan fingerprint density at radius 2 is 2.16 bits per heavy atom. The summed E-state index contributed by atoms with van der Waals surface area (Å²) in [6.45, 7) is 6.46. The molecule has 0 saturated carbocycles. The summed E-state index contributed by atoms with van der Waals surface area (Å²) in [5.74, 6) is 0. The highest BCUT2D eigenvalue weighted by atomic mass is 35.5. The van der Waals surface area contributed by atoms with Crippen LogP contribution in [-0.2, 0) is 10.2 Å². The van der Waals surface area contributed by atoms with E-state index in [2.05, 4.69) is 37.4 Å². The van der Waals surface area contributed by atoms with Crippen LogP contribution in [0.4, 0.5) is 0 Å². The maximum absolute atomic E-state index is 6.17. The summed E-state index contributed by atoms with van der Waals surface area (Å²) < 4.78 is 6.17. The molecule has 2 heterocycles. The maximum Gasteiger partial charge on any atom is 0.0631 e. The first kappa shape index (κ1) is 13.4. The van der Waals surface area contributed by atoms with E-state index in [0.29, 0.717) is 6.10 Å². The minimum atomic E-state index is 0.0529. The van der Waals surface area contributed by atoms with Crippen LogP contribution in [0.15, 0.2) is 24.3 Å². The van der Waals surface area contributed by atoms with Crippen LogP contribution in [0.1, 0.15) is 38.7 Å². The molecule has 0 aliphatic carbocycles. The van der Waals surface area contributed by atoms with Crippen molar-refractivity contribution in [2.24, 2.45) is 0 Å². The van der Waals surface area contributed by atoms with Crippen molar-refractivity contribution in [3.8, 4) is 0 Å². The fraction of sp³-hybridized carbons (Fsp3) is 0.625. The van der Waals surface area contributed by atoms with Crippen molar-refractivity contribution in [1.82, 2.24) is 5.32 Å². The largest absolute Gasteiger partial charge is 0.372 e. The van der Waals surface area contributed by atoms with Gasteiger partial charge in [-0.15, -0.1) is 0 Å². The second kappa shape index (κ2) is 4.76. The molecule has 1 aromatic carbocycles. The van der Waals surface area contributed by atoms with Gasteiger partial charge in [0.2, 0.25) is 0 Å². The fourth-order valence-electron chi connectivity index (χ4n) is 3.37. The van der Waals surface area contributed by atoms with E-state index >= 15 is 0 Å². The molecule has 2 fully saturated rings. The number of ether oxygens (including phenoxy) is 1. The summed E-state index contributed by atoms with van der Waals surface area (Å²) >= 11 is 6.14. The Bertz CT molecular complexity index is 468. The molecule has 3 rings (SSSR count). The molecule has 0 spiro atoms. The molecule has 1 N–H and O–H groups in total. The van der Waals surface area contributed by atoms with Gasteiger partial charge in [0.15, 0.2) is 0 Å². The highest BCUT2D eigenvalue weighted by molar-refractivity contribution is 6.30. The summed E-state index contributed by atoms with van der Waals surface area (Å²) in [7, 11) is 0. The van der Waals surface area contributed by atoms with Crippen molar-refractivity contribution in [1.29, 1.82) is 0 Å². The zero-order chi connectivity index (χ0) is 13.5. The lowest BCUT2D eigenvalue weighted by molar-refractivity contribution is -0.0318. The number of rotatable bonds is 3. The molecule has 2 aliphatic rings. The molecule has 0 amide bonds. The van der Waals surface area contributed by atoms with Crippen LogP contribution in [0.3, 0.4) is 0 Å². The van der Waals surface area contributed by atoms with Crippen LogP contribution in [0.2, 0.25) is 5.02 Å². The van der Waals surface area contributed by atoms with Gasteiger partial charge in [-0.05, 0) is 50.8 Å². The lowest BCUT2D eigenvalue weighted by Gasteiger charge is -2.45. The van der Waals surface area contributed by atoms with E-state index in [1.807, 2.05) is 6.07 Å². The molecule has 19 heavy (non-hydrogen) atoms. The summed E-state index contributed by atoms with van der Waals surface area (Å²) in [5, 5.41) is 4.25. The molecule has 1 atom stereocenters. The second-order valence-electron chi connectivity index (χ2n) is 6.64. The standard InChI is InChI=1S/C16H22ClNO/c1-15(2)7-6-14(19-15)9-16(10-18-11-16)12-4-3-5-13(17)8-12/h3-5,8,14,18H,6-7,9-11H2,1-2H3. The Labute approximate surface area is 120 Å². The van der Waals surface area contributed by atoms with Gasteiger partial charge in [0.1, 0.15) is 0 Å². The monoisotopic (exact) mass is 279 g/mol. The topological polar surface area (TPSA) is 21.3 Å². The summed E-state index contributed by atoms with van der Waals surface area (Å²) in [6, 6.07) is 8.31. The smallest absolute Gasteiger partial charge is 0.0631 e. The van der Waals surface area contributed by atoms with Crippen molar-refractivity contribution in [2.45, 2.75) is 50.2 Å². The SMILES string of the molecule is CC1(C)CCC(CC2(c3cccc(Cl)c3)CNC2)O1. The van der Waals surface area contributed by atoms with Gasteiger partial charge in [-0.2, -0.15) is 0 Å². The molecule has 0 aromatic heterocycles. The van der Waals surface area contributed by atoms with Crippen molar-refractivity contribution in [3.63, 3.8) is 0 Å². The lowest BCUT2D eigenvalue weighted by Crippen LogP contribution is -2.58. The Hall–Kier alpha value is -0.570. The quantitative estimate of drug-likeness (QED) is 0.914. The van der Waals surface area contributed by atoms with Crippen LogP contribution in [0.5, 0.6) is 0 Å². The highest BCUT2D eigenvalue weighted by Crippen LogP contribution is 2.40. The first-order valence-electron chi connectivity index (χ1n) is 7.14. The van der Waals surface area contributed by atoms with Gasteiger partial charge in [-0.3, -0.25) is 0 Å². The fourth-order valence-corrected chi connectivity index (χ4v) is 3.56. The molecule has 0 radical (unpaired) electrons. The number of benzene rings is 1. The van der Waals surface area contributed by atoms with Gasteiger partial charge >= 0.3 is 0 Å². The van der Waals surface area contributed by atoms with Gasteiger partial charge in [0, 0.05) is 23.5 Å². The molecule has 2 nitrogen and oxygen atoms in total. The van der Waals surface area contributed by atoms with Crippen LogP contribution >= 0.6 is 11.6 Å². The van der Waals surface area contributed by atoms with E-state index in [1.165, 1.54) is 12.0 Å².